The summed E-state index contributed by atoms with van der Waals surface area (Å²) in [4.78, 5) is 0. The van der Waals surface area contributed by atoms with Crippen LogP contribution in [0.1, 0.15) is 0 Å². The average molecular weight is 124 g/mol. The Kier molecular flexibility index (Phi) is 1.53. The van der Waals surface area contributed by atoms with E-state index in [2.05, 4.69) is 5.32 Å². The molecular formula is C6H10N3+. The standard InChI is InChI=1S/C6H9N3/c1-8-6-2-4-9(7)5-3-6/h2-5H,7H2,1H3/p+1. The van der Waals surface area contributed by atoms with E-state index in [0.29, 0.717) is 0 Å². The topological polar surface area (TPSA) is 41.9 Å². The van der Waals surface area contributed by atoms with Gasteiger partial charge in [-0.1, -0.05) is 4.68 Å². The fourth-order valence-electron chi connectivity index (χ4n) is 0.605. The highest BCUT2D eigenvalue weighted by atomic mass is 15.3. The fraction of sp³-hybridized carbons (Fsp3) is 0.167. The highest BCUT2D eigenvalue weighted by molar-refractivity contribution is 5.38. The highest BCUT2D eigenvalue weighted by Crippen LogP contribution is 1.97. The van der Waals surface area contributed by atoms with Crippen LogP contribution in [0, 0.1) is 0 Å². The summed E-state index contributed by atoms with van der Waals surface area (Å²) in [7, 11) is 1.87. The van der Waals surface area contributed by atoms with Gasteiger partial charge in [0.05, 0.1) is 0 Å². The van der Waals surface area contributed by atoms with Gasteiger partial charge in [-0.3, -0.25) is 0 Å². The normalized spacial score (nSPS) is 9.00. The molecule has 0 amide bonds. The van der Waals surface area contributed by atoms with Crippen molar-refractivity contribution in [3.05, 3.63) is 24.5 Å². The highest BCUT2D eigenvalue weighted by Gasteiger charge is 1.90. The van der Waals surface area contributed by atoms with E-state index in [1.807, 2.05) is 19.2 Å². The third-order valence-corrected chi connectivity index (χ3v) is 1.14. The van der Waals surface area contributed by atoms with Crippen LogP contribution >= 0.6 is 0 Å². The number of pyridine rings is 1. The Labute approximate surface area is 54.1 Å². The van der Waals surface area contributed by atoms with Crippen LogP contribution in [0.25, 0.3) is 0 Å². The maximum atomic E-state index is 5.37. The lowest BCUT2D eigenvalue weighted by Gasteiger charge is -1.93. The Hall–Kier alpha value is -1.25. The maximum absolute atomic E-state index is 5.37. The lowest BCUT2D eigenvalue weighted by atomic mass is 10.4. The van der Waals surface area contributed by atoms with Gasteiger partial charge >= 0.3 is 0 Å². The lowest BCUT2D eigenvalue weighted by molar-refractivity contribution is -0.638. The molecule has 0 radical (unpaired) electrons. The smallest absolute Gasteiger partial charge is 0.201 e. The van der Waals surface area contributed by atoms with Gasteiger partial charge in [0, 0.05) is 24.9 Å². The summed E-state index contributed by atoms with van der Waals surface area (Å²) in [6.45, 7) is 0. The van der Waals surface area contributed by atoms with E-state index in [4.69, 9.17) is 5.84 Å². The zero-order valence-corrected chi connectivity index (χ0v) is 5.33. The van der Waals surface area contributed by atoms with Crippen molar-refractivity contribution in [1.82, 2.24) is 0 Å². The van der Waals surface area contributed by atoms with Crippen molar-refractivity contribution in [2.75, 3.05) is 18.2 Å². The van der Waals surface area contributed by atoms with E-state index >= 15 is 0 Å². The number of aromatic nitrogens is 1. The molecule has 0 bridgehead atoms. The Morgan fingerprint density at radius 3 is 2.44 bits per heavy atom. The zero-order chi connectivity index (χ0) is 6.69. The van der Waals surface area contributed by atoms with E-state index in [0.717, 1.165) is 5.69 Å². The summed E-state index contributed by atoms with van der Waals surface area (Å²) in [6.07, 6.45) is 3.57. The molecule has 9 heavy (non-hydrogen) atoms. The Bertz CT molecular complexity index is 180. The number of nitrogens with two attached hydrogens (primary N) is 1. The van der Waals surface area contributed by atoms with Crippen molar-refractivity contribution in [2.24, 2.45) is 0 Å². The Balaban J connectivity index is 2.88. The van der Waals surface area contributed by atoms with Crippen LogP contribution in [0.15, 0.2) is 24.5 Å². The molecular weight excluding hydrogens is 114 g/mol. The Morgan fingerprint density at radius 2 is 2.00 bits per heavy atom. The molecule has 1 heterocycles. The molecule has 0 aliphatic carbocycles. The third-order valence-electron chi connectivity index (χ3n) is 1.14. The minimum Gasteiger partial charge on any atom is -0.388 e. The first-order valence-corrected chi connectivity index (χ1v) is 2.77. The summed E-state index contributed by atoms with van der Waals surface area (Å²) >= 11 is 0. The van der Waals surface area contributed by atoms with Gasteiger partial charge in [0.25, 0.3) is 0 Å². The van der Waals surface area contributed by atoms with E-state index in [1.54, 1.807) is 12.4 Å². The minimum atomic E-state index is 1.07. The summed E-state index contributed by atoms with van der Waals surface area (Å²) in [5.41, 5.74) is 1.07. The molecule has 0 fully saturated rings. The van der Waals surface area contributed by atoms with Gasteiger partial charge in [0.1, 0.15) is 0 Å². The van der Waals surface area contributed by atoms with Crippen LogP contribution in [0.3, 0.4) is 0 Å². The number of nitrogens with one attached hydrogen (secondary N) is 1. The molecule has 3 N–H and O–H groups in total. The monoisotopic (exact) mass is 124 g/mol. The number of rotatable bonds is 1. The van der Waals surface area contributed by atoms with Crippen LogP contribution < -0.4 is 15.8 Å². The van der Waals surface area contributed by atoms with Gasteiger partial charge in [-0.15, -0.1) is 0 Å². The second kappa shape index (κ2) is 2.35. The van der Waals surface area contributed by atoms with Crippen molar-refractivity contribution in [3.8, 4) is 0 Å². The lowest BCUT2D eigenvalue weighted by Crippen LogP contribution is -2.43. The molecule has 1 aromatic heterocycles. The molecule has 0 aliphatic heterocycles. The minimum absolute atomic E-state index is 1.07. The third kappa shape index (κ3) is 1.32. The van der Waals surface area contributed by atoms with Crippen molar-refractivity contribution in [2.45, 2.75) is 0 Å². The van der Waals surface area contributed by atoms with Crippen LogP contribution in [-0.4, -0.2) is 7.05 Å². The van der Waals surface area contributed by atoms with Crippen molar-refractivity contribution in [3.63, 3.8) is 0 Å². The van der Waals surface area contributed by atoms with Gasteiger partial charge in [-0.2, -0.15) is 0 Å². The van der Waals surface area contributed by atoms with Gasteiger partial charge in [-0.25, -0.2) is 5.84 Å². The van der Waals surface area contributed by atoms with Crippen LogP contribution in [0.4, 0.5) is 5.69 Å². The maximum Gasteiger partial charge on any atom is 0.201 e. The number of anilines is 1. The molecule has 48 valence electrons. The Morgan fingerprint density at radius 1 is 1.44 bits per heavy atom. The predicted molar refractivity (Wildman–Crippen MR) is 36.3 cm³/mol. The first-order chi connectivity index (χ1) is 4.33. The molecule has 3 heteroatoms. The molecule has 3 nitrogen and oxygen atoms in total. The van der Waals surface area contributed by atoms with Crippen LogP contribution in [-0.2, 0) is 0 Å². The molecule has 0 saturated carbocycles. The van der Waals surface area contributed by atoms with Crippen molar-refractivity contribution >= 4 is 5.69 Å². The van der Waals surface area contributed by atoms with Gasteiger partial charge < -0.3 is 5.32 Å². The predicted octanol–water partition coefficient (Wildman–Crippen LogP) is -0.270. The number of nitrogens with zero attached hydrogens (tertiary/aromatic N) is 1. The summed E-state index contributed by atoms with van der Waals surface area (Å²) < 4.78 is 1.50. The first kappa shape index (κ1) is 5.88. The fourth-order valence-corrected chi connectivity index (χ4v) is 0.605. The molecule has 0 aromatic carbocycles. The van der Waals surface area contributed by atoms with Crippen LogP contribution in [0.5, 0.6) is 0 Å². The average Bonchev–Trinajstić information content (AvgIpc) is 1.90. The SMILES string of the molecule is CNc1cc[n+](N)cc1. The largest absolute Gasteiger partial charge is 0.388 e. The molecule has 0 atom stereocenters. The summed E-state index contributed by atoms with van der Waals surface area (Å²) in [6, 6.07) is 3.81. The first-order valence-electron chi connectivity index (χ1n) is 2.77. The van der Waals surface area contributed by atoms with E-state index in [9.17, 15) is 0 Å². The van der Waals surface area contributed by atoms with Gasteiger partial charge in [0.2, 0.25) is 12.4 Å². The quantitative estimate of drug-likeness (QED) is 0.399. The molecule has 1 aromatic rings. The molecule has 0 aliphatic rings. The van der Waals surface area contributed by atoms with Gasteiger partial charge in [0.15, 0.2) is 0 Å². The molecule has 1 rings (SSSR count). The van der Waals surface area contributed by atoms with E-state index in [1.165, 1.54) is 4.68 Å². The number of hydrogen-bond donors (Lipinski definition) is 2. The second-order valence-corrected chi connectivity index (χ2v) is 1.78. The van der Waals surface area contributed by atoms with Crippen molar-refractivity contribution in [1.29, 1.82) is 0 Å². The molecule has 0 spiro atoms. The van der Waals surface area contributed by atoms with E-state index < -0.39 is 0 Å². The summed E-state index contributed by atoms with van der Waals surface area (Å²) in [5, 5.41) is 2.99. The van der Waals surface area contributed by atoms with Gasteiger partial charge in [-0.05, 0) is 0 Å². The zero-order valence-electron chi connectivity index (χ0n) is 5.33. The number of nitrogen functional groups attached to an aromatic ring is 1. The van der Waals surface area contributed by atoms with Crippen molar-refractivity contribution < 1.29 is 4.68 Å². The number of hydrogen-bond acceptors (Lipinski definition) is 2. The second-order valence-electron chi connectivity index (χ2n) is 1.78. The van der Waals surface area contributed by atoms with E-state index in [-0.39, 0.29) is 0 Å². The van der Waals surface area contributed by atoms with Crippen LogP contribution in [0.2, 0.25) is 0 Å². The summed E-state index contributed by atoms with van der Waals surface area (Å²) in [5.74, 6) is 5.37. The molecule has 0 unspecified atom stereocenters. The molecule has 0 saturated heterocycles.